The van der Waals surface area contributed by atoms with Crippen LogP contribution in [0.1, 0.15) is 20.3 Å². The zero-order chi connectivity index (χ0) is 10.1. The van der Waals surface area contributed by atoms with Crippen LogP contribution in [0.5, 0.6) is 0 Å². The third kappa shape index (κ3) is 7.74. The normalized spacial score (nSPS) is 9.69. The van der Waals surface area contributed by atoms with Gasteiger partial charge in [-0.2, -0.15) is 0 Å². The summed E-state index contributed by atoms with van der Waals surface area (Å²) < 4.78 is 5.19. The van der Waals surface area contributed by atoms with Gasteiger partial charge in [0.1, 0.15) is 0 Å². The van der Waals surface area contributed by atoms with Gasteiger partial charge >= 0.3 is 0 Å². The molecule has 1 amide bonds. The monoisotopic (exact) mass is 199 g/mol. The Hall–Kier alpha value is -0.613. The van der Waals surface area contributed by atoms with Gasteiger partial charge in [0.05, 0.1) is 0 Å². The molecule has 0 fully saturated rings. The van der Waals surface area contributed by atoms with Gasteiger partial charge in [0.15, 0.2) is 0 Å². The van der Waals surface area contributed by atoms with Crippen molar-refractivity contribution in [1.82, 2.24) is 5.32 Å². The Morgan fingerprint density at radius 2 is 2.31 bits per heavy atom. The van der Waals surface area contributed by atoms with E-state index < -0.39 is 0 Å². The second-order valence-corrected chi connectivity index (χ2v) is 3.79. The van der Waals surface area contributed by atoms with Crippen molar-refractivity contribution in [2.75, 3.05) is 13.2 Å². The largest absolute Gasteiger partial charge is 0.418 e. The second kappa shape index (κ2) is 8.01. The zero-order valence-corrected chi connectivity index (χ0v) is 9.35. The Morgan fingerprint density at radius 3 is 2.85 bits per heavy atom. The van der Waals surface area contributed by atoms with Gasteiger partial charge in [-0.1, -0.05) is 6.58 Å². The Morgan fingerprint density at radius 1 is 1.62 bits per heavy atom. The van der Waals surface area contributed by atoms with Crippen molar-refractivity contribution in [3.8, 4) is 0 Å². The molecule has 0 aromatic carbocycles. The van der Waals surface area contributed by atoms with Gasteiger partial charge in [-0.25, -0.2) is 0 Å². The summed E-state index contributed by atoms with van der Waals surface area (Å²) >= 11 is 0. The van der Waals surface area contributed by atoms with Crippen molar-refractivity contribution in [1.29, 1.82) is 0 Å². The van der Waals surface area contributed by atoms with E-state index in [4.69, 9.17) is 4.43 Å². The van der Waals surface area contributed by atoms with Crippen LogP contribution in [-0.4, -0.2) is 28.8 Å². The number of carbonyl (C=O) groups excluding carboxylic acids is 1. The van der Waals surface area contributed by atoms with Crippen LogP contribution in [0.4, 0.5) is 0 Å². The average Bonchev–Trinajstić information content (AvgIpc) is 2.10. The minimum atomic E-state index is -0.0558. The van der Waals surface area contributed by atoms with Crippen LogP contribution >= 0.6 is 0 Å². The fourth-order valence-electron chi connectivity index (χ4n) is 0.688. The molecule has 0 saturated carbocycles. The van der Waals surface area contributed by atoms with Gasteiger partial charge < -0.3 is 9.74 Å². The lowest BCUT2D eigenvalue weighted by Gasteiger charge is -2.03. The SMILES string of the molecule is C=C(C)C(=O)NCCC[Si]OCC. The predicted octanol–water partition coefficient (Wildman–Crippen LogP) is 1.14. The van der Waals surface area contributed by atoms with E-state index in [1.165, 1.54) is 0 Å². The molecule has 0 atom stereocenters. The third-order valence-corrected chi connectivity index (χ3v) is 2.43. The van der Waals surface area contributed by atoms with Crippen LogP contribution in [0.25, 0.3) is 0 Å². The van der Waals surface area contributed by atoms with Gasteiger partial charge in [-0.05, 0) is 26.3 Å². The molecule has 0 heterocycles. The summed E-state index contributed by atoms with van der Waals surface area (Å²) in [4.78, 5) is 11.0. The number of amides is 1. The minimum absolute atomic E-state index is 0.0558. The van der Waals surface area contributed by atoms with Crippen LogP contribution in [-0.2, 0) is 9.22 Å². The summed E-state index contributed by atoms with van der Waals surface area (Å²) in [7, 11) is 0.556. The molecule has 0 spiro atoms. The van der Waals surface area contributed by atoms with Crippen LogP contribution in [0.3, 0.4) is 0 Å². The van der Waals surface area contributed by atoms with Crippen molar-refractivity contribution >= 4 is 15.7 Å². The van der Waals surface area contributed by atoms with E-state index in [-0.39, 0.29) is 5.91 Å². The second-order valence-electron chi connectivity index (χ2n) is 2.72. The highest BCUT2D eigenvalue weighted by Crippen LogP contribution is 1.90. The van der Waals surface area contributed by atoms with Crippen molar-refractivity contribution in [3.05, 3.63) is 12.2 Å². The van der Waals surface area contributed by atoms with E-state index in [0.29, 0.717) is 21.9 Å². The first kappa shape index (κ1) is 12.4. The molecule has 4 heteroatoms. The maximum atomic E-state index is 11.0. The van der Waals surface area contributed by atoms with E-state index in [9.17, 15) is 4.79 Å². The Kier molecular flexibility index (Phi) is 7.63. The maximum absolute atomic E-state index is 11.0. The van der Waals surface area contributed by atoms with Crippen molar-refractivity contribution in [3.63, 3.8) is 0 Å². The van der Waals surface area contributed by atoms with Crippen molar-refractivity contribution in [2.24, 2.45) is 0 Å². The lowest BCUT2D eigenvalue weighted by Crippen LogP contribution is -2.24. The standard InChI is InChI=1S/C9H17NO2Si/c1-4-12-13-7-5-6-10-9(11)8(2)3/h2,4-7H2,1,3H3,(H,10,11). The molecule has 0 saturated heterocycles. The van der Waals surface area contributed by atoms with Crippen molar-refractivity contribution in [2.45, 2.75) is 26.3 Å². The fourth-order valence-corrected chi connectivity index (χ4v) is 1.36. The van der Waals surface area contributed by atoms with Gasteiger partial charge in [-0.15, -0.1) is 0 Å². The highest BCUT2D eigenvalue weighted by atomic mass is 28.2. The number of hydrogen-bond acceptors (Lipinski definition) is 2. The molecule has 1 N–H and O–H groups in total. The first-order valence-electron chi connectivity index (χ1n) is 4.46. The molecule has 0 rings (SSSR count). The smallest absolute Gasteiger partial charge is 0.246 e. The Balaban J connectivity index is 3.16. The first-order valence-corrected chi connectivity index (χ1v) is 5.58. The number of nitrogens with one attached hydrogen (secondary N) is 1. The number of carbonyl (C=O) groups is 1. The van der Waals surface area contributed by atoms with E-state index in [1.54, 1.807) is 6.92 Å². The summed E-state index contributed by atoms with van der Waals surface area (Å²) in [6, 6.07) is 1.02. The highest BCUT2D eigenvalue weighted by Gasteiger charge is 1.99. The number of hydrogen-bond donors (Lipinski definition) is 1. The first-order chi connectivity index (χ1) is 6.18. The summed E-state index contributed by atoms with van der Waals surface area (Å²) in [5.41, 5.74) is 0.562. The van der Waals surface area contributed by atoms with E-state index in [0.717, 1.165) is 19.1 Å². The summed E-state index contributed by atoms with van der Waals surface area (Å²) in [6.45, 7) is 8.72. The topological polar surface area (TPSA) is 38.3 Å². The molecule has 74 valence electrons. The van der Waals surface area contributed by atoms with Crippen LogP contribution in [0.15, 0.2) is 12.2 Å². The number of rotatable bonds is 7. The minimum Gasteiger partial charge on any atom is -0.418 e. The molecule has 0 aliphatic rings. The van der Waals surface area contributed by atoms with Gasteiger partial charge in [-0.3, -0.25) is 4.79 Å². The fraction of sp³-hybridized carbons (Fsp3) is 0.667. The van der Waals surface area contributed by atoms with Gasteiger partial charge in [0.25, 0.3) is 0 Å². The molecule has 0 aromatic rings. The average molecular weight is 199 g/mol. The molecule has 0 unspecified atom stereocenters. The predicted molar refractivity (Wildman–Crippen MR) is 54.6 cm³/mol. The summed E-state index contributed by atoms with van der Waals surface area (Å²) in [5.74, 6) is -0.0558. The lowest BCUT2D eigenvalue weighted by molar-refractivity contribution is -0.117. The molecule has 3 nitrogen and oxygen atoms in total. The van der Waals surface area contributed by atoms with Crippen LogP contribution in [0, 0.1) is 0 Å². The quantitative estimate of drug-likeness (QED) is 0.379. The third-order valence-electron chi connectivity index (χ3n) is 1.38. The van der Waals surface area contributed by atoms with Crippen LogP contribution in [0.2, 0.25) is 6.04 Å². The highest BCUT2D eigenvalue weighted by molar-refractivity contribution is 6.26. The van der Waals surface area contributed by atoms with E-state index >= 15 is 0 Å². The molecule has 2 radical (unpaired) electrons. The van der Waals surface area contributed by atoms with Gasteiger partial charge in [0, 0.05) is 18.7 Å². The van der Waals surface area contributed by atoms with E-state index in [2.05, 4.69) is 11.9 Å². The van der Waals surface area contributed by atoms with Crippen molar-refractivity contribution < 1.29 is 9.22 Å². The molecule has 0 bridgehead atoms. The van der Waals surface area contributed by atoms with Crippen LogP contribution < -0.4 is 5.32 Å². The van der Waals surface area contributed by atoms with E-state index in [1.807, 2.05) is 6.92 Å². The summed E-state index contributed by atoms with van der Waals surface area (Å²) in [6.07, 6.45) is 0.970. The maximum Gasteiger partial charge on any atom is 0.246 e. The molecule has 0 aliphatic heterocycles. The molecule has 0 aromatic heterocycles. The molecule has 13 heavy (non-hydrogen) atoms. The molecular weight excluding hydrogens is 182 g/mol. The molecule has 0 aliphatic carbocycles. The Labute approximate surface area is 82.5 Å². The zero-order valence-electron chi connectivity index (χ0n) is 8.35. The molecular formula is C9H17NO2Si. The summed E-state index contributed by atoms with van der Waals surface area (Å²) in [5, 5.41) is 2.77. The lowest BCUT2D eigenvalue weighted by atomic mass is 10.3. The van der Waals surface area contributed by atoms with Gasteiger partial charge in [0.2, 0.25) is 15.7 Å². The Bertz CT molecular complexity index is 171.